The molecule has 0 aliphatic rings. The van der Waals surface area contributed by atoms with Crippen molar-refractivity contribution in [3.63, 3.8) is 0 Å². The number of carbonyl (C=O) groups is 1. The molecule has 0 radical (unpaired) electrons. The summed E-state index contributed by atoms with van der Waals surface area (Å²) in [4.78, 5) is 12.0. The average molecular weight is 352 g/mol. The Morgan fingerprint density at radius 1 is 1.12 bits per heavy atom. The summed E-state index contributed by atoms with van der Waals surface area (Å²) >= 11 is 0. The maximum atomic E-state index is 13.6. The first-order chi connectivity index (χ1) is 11.7. The summed E-state index contributed by atoms with van der Waals surface area (Å²) in [6.45, 7) is 0. The lowest BCUT2D eigenvalue weighted by molar-refractivity contribution is -0.137. The van der Waals surface area contributed by atoms with Crippen LogP contribution >= 0.6 is 0 Å². The van der Waals surface area contributed by atoms with Gasteiger partial charge in [0.25, 0.3) is 5.91 Å². The number of nitriles is 1. The molecule has 0 bridgehead atoms. The number of alkyl halides is 3. The highest BCUT2D eigenvalue weighted by Crippen LogP contribution is 2.30. The Morgan fingerprint density at radius 2 is 1.84 bits per heavy atom. The molecule has 0 aromatic heterocycles. The van der Waals surface area contributed by atoms with Crippen molar-refractivity contribution >= 4 is 17.7 Å². The first kappa shape index (κ1) is 18.1. The van der Waals surface area contributed by atoms with E-state index in [9.17, 15) is 26.7 Å². The Balaban J connectivity index is 2.26. The second kappa shape index (κ2) is 7.13. The fraction of sp³-hybridized carbons (Fsp3) is 0.0588. The molecule has 2 aromatic rings. The van der Waals surface area contributed by atoms with E-state index in [4.69, 9.17) is 5.26 Å². The quantitative estimate of drug-likeness (QED) is 0.501. The first-order valence-electron chi connectivity index (χ1n) is 6.76. The molecule has 2 aromatic carbocycles. The molecule has 0 fully saturated rings. The molecule has 0 heterocycles. The van der Waals surface area contributed by atoms with Crippen molar-refractivity contribution in [3.8, 4) is 6.07 Å². The summed E-state index contributed by atoms with van der Waals surface area (Å²) in [5.74, 6) is -2.84. The molecule has 3 nitrogen and oxygen atoms in total. The van der Waals surface area contributed by atoms with E-state index < -0.39 is 34.9 Å². The van der Waals surface area contributed by atoms with Crippen LogP contribution in [0.25, 0.3) is 6.08 Å². The SMILES string of the molecule is N#CC(=Cc1ccc(F)cc1F)C(=O)Nc1cccc(C(F)(F)F)c1. The van der Waals surface area contributed by atoms with E-state index in [-0.39, 0.29) is 11.3 Å². The third kappa shape index (κ3) is 4.64. The minimum absolute atomic E-state index is 0.180. The Kier molecular flexibility index (Phi) is 5.17. The molecule has 128 valence electrons. The van der Waals surface area contributed by atoms with Crippen LogP contribution in [0, 0.1) is 23.0 Å². The Hall–Kier alpha value is -3.21. The molecule has 2 rings (SSSR count). The van der Waals surface area contributed by atoms with Crippen molar-refractivity contribution < 1.29 is 26.7 Å². The molecular weight excluding hydrogens is 343 g/mol. The fourth-order valence-corrected chi connectivity index (χ4v) is 1.89. The predicted molar refractivity (Wildman–Crippen MR) is 80.0 cm³/mol. The third-order valence-electron chi connectivity index (χ3n) is 3.08. The summed E-state index contributed by atoms with van der Waals surface area (Å²) in [5, 5.41) is 11.1. The Morgan fingerprint density at radius 3 is 2.44 bits per heavy atom. The molecule has 0 spiro atoms. The van der Waals surface area contributed by atoms with Crippen LogP contribution in [0.4, 0.5) is 27.6 Å². The number of carbonyl (C=O) groups excluding carboxylic acids is 1. The minimum atomic E-state index is -4.59. The summed E-state index contributed by atoms with van der Waals surface area (Å²) in [6.07, 6.45) is -3.72. The van der Waals surface area contributed by atoms with Crippen LogP contribution in [-0.4, -0.2) is 5.91 Å². The standard InChI is InChI=1S/C17H9F5N2O/c18-13-5-4-10(15(19)8-13)6-11(9-23)16(25)24-14-3-1-2-12(7-14)17(20,21)22/h1-8H,(H,24,25). The lowest BCUT2D eigenvalue weighted by Crippen LogP contribution is -2.14. The largest absolute Gasteiger partial charge is 0.416 e. The number of nitrogens with one attached hydrogen (secondary N) is 1. The van der Waals surface area contributed by atoms with Crippen LogP contribution in [0.2, 0.25) is 0 Å². The molecular formula is C17H9F5N2O. The highest BCUT2D eigenvalue weighted by Gasteiger charge is 2.30. The van der Waals surface area contributed by atoms with E-state index in [0.717, 1.165) is 30.3 Å². The molecule has 0 saturated carbocycles. The monoisotopic (exact) mass is 352 g/mol. The number of anilines is 1. The van der Waals surface area contributed by atoms with Crippen LogP contribution in [-0.2, 0) is 11.0 Å². The Labute approximate surface area is 139 Å². The van der Waals surface area contributed by atoms with Crippen molar-refractivity contribution in [1.82, 2.24) is 0 Å². The van der Waals surface area contributed by atoms with Crippen LogP contribution < -0.4 is 5.32 Å². The second-order valence-electron chi connectivity index (χ2n) is 4.87. The molecule has 8 heteroatoms. The van der Waals surface area contributed by atoms with Gasteiger partial charge in [0, 0.05) is 17.3 Å². The van der Waals surface area contributed by atoms with Gasteiger partial charge in [-0.3, -0.25) is 4.79 Å². The van der Waals surface area contributed by atoms with Gasteiger partial charge in [-0.15, -0.1) is 0 Å². The van der Waals surface area contributed by atoms with Gasteiger partial charge in [-0.25, -0.2) is 8.78 Å². The number of nitrogens with zero attached hydrogens (tertiary/aromatic N) is 1. The Bertz CT molecular complexity index is 881. The number of halogens is 5. The summed E-state index contributed by atoms with van der Waals surface area (Å²) in [5.41, 5.74) is -1.92. The molecule has 0 atom stereocenters. The minimum Gasteiger partial charge on any atom is -0.321 e. The van der Waals surface area contributed by atoms with Gasteiger partial charge in [-0.05, 0) is 36.4 Å². The maximum absolute atomic E-state index is 13.6. The molecule has 0 aliphatic heterocycles. The van der Waals surface area contributed by atoms with Gasteiger partial charge in [0.1, 0.15) is 23.3 Å². The molecule has 1 amide bonds. The van der Waals surface area contributed by atoms with Gasteiger partial charge in [-0.1, -0.05) is 6.07 Å². The number of hydrogen-bond donors (Lipinski definition) is 1. The summed E-state index contributed by atoms with van der Waals surface area (Å²) < 4.78 is 64.4. The van der Waals surface area contributed by atoms with Crippen LogP contribution in [0.5, 0.6) is 0 Å². The van der Waals surface area contributed by atoms with E-state index in [1.54, 1.807) is 0 Å². The molecule has 0 unspecified atom stereocenters. The first-order valence-corrected chi connectivity index (χ1v) is 6.76. The molecule has 0 saturated heterocycles. The second-order valence-corrected chi connectivity index (χ2v) is 4.87. The van der Waals surface area contributed by atoms with Crippen molar-refractivity contribution in [1.29, 1.82) is 5.26 Å². The lowest BCUT2D eigenvalue weighted by Gasteiger charge is -2.09. The molecule has 1 N–H and O–H groups in total. The third-order valence-corrected chi connectivity index (χ3v) is 3.08. The van der Waals surface area contributed by atoms with Crippen LogP contribution in [0.1, 0.15) is 11.1 Å². The van der Waals surface area contributed by atoms with E-state index in [1.165, 1.54) is 12.1 Å². The van der Waals surface area contributed by atoms with Crippen molar-refractivity contribution in [2.24, 2.45) is 0 Å². The zero-order valence-electron chi connectivity index (χ0n) is 12.4. The molecule has 0 aliphatic carbocycles. The smallest absolute Gasteiger partial charge is 0.321 e. The maximum Gasteiger partial charge on any atom is 0.416 e. The lowest BCUT2D eigenvalue weighted by atomic mass is 10.1. The van der Waals surface area contributed by atoms with Gasteiger partial charge in [0.15, 0.2) is 0 Å². The predicted octanol–water partition coefficient (Wildman–Crippen LogP) is 4.53. The van der Waals surface area contributed by atoms with Gasteiger partial charge in [0.05, 0.1) is 5.56 Å². The van der Waals surface area contributed by atoms with E-state index in [1.807, 2.05) is 0 Å². The highest BCUT2D eigenvalue weighted by molar-refractivity contribution is 6.09. The number of amides is 1. The summed E-state index contributed by atoms with van der Waals surface area (Å²) in [6, 6.07) is 7.89. The van der Waals surface area contributed by atoms with Gasteiger partial charge >= 0.3 is 6.18 Å². The number of hydrogen-bond acceptors (Lipinski definition) is 2. The fourth-order valence-electron chi connectivity index (χ4n) is 1.89. The average Bonchev–Trinajstić information content (AvgIpc) is 2.53. The van der Waals surface area contributed by atoms with Crippen molar-refractivity contribution in [2.45, 2.75) is 6.18 Å². The zero-order valence-corrected chi connectivity index (χ0v) is 12.4. The van der Waals surface area contributed by atoms with Crippen LogP contribution in [0.3, 0.4) is 0 Å². The number of benzene rings is 2. The topological polar surface area (TPSA) is 52.9 Å². The van der Waals surface area contributed by atoms with E-state index >= 15 is 0 Å². The van der Waals surface area contributed by atoms with E-state index in [0.29, 0.717) is 12.1 Å². The van der Waals surface area contributed by atoms with Gasteiger partial charge < -0.3 is 5.32 Å². The zero-order chi connectivity index (χ0) is 18.6. The number of rotatable bonds is 3. The van der Waals surface area contributed by atoms with Gasteiger partial charge in [-0.2, -0.15) is 18.4 Å². The van der Waals surface area contributed by atoms with Crippen molar-refractivity contribution in [2.75, 3.05) is 5.32 Å². The van der Waals surface area contributed by atoms with E-state index in [2.05, 4.69) is 5.32 Å². The van der Waals surface area contributed by atoms with Crippen LogP contribution in [0.15, 0.2) is 48.0 Å². The molecule has 25 heavy (non-hydrogen) atoms. The highest BCUT2D eigenvalue weighted by atomic mass is 19.4. The van der Waals surface area contributed by atoms with Crippen molar-refractivity contribution in [3.05, 3.63) is 70.8 Å². The van der Waals surface area contributed by atoms with Gasteiger partial charge in [0.2, 0.25) is 0 Å². The normalized spacial score (nSPS) is 11.8. The summed E-state index contributed by atoms with van der Waals surface area (Å²) in [7, 11) is 0.